The average molecular weight is 382 g/mol. The molecule has 0 amide bonds. The number of hydrogen-bond donors (Lipinski definition) is 1. The van der Waals surface area contributed by atoms with Crippen molar-refractivity contribution in [1.29, 1.82) is 0 Å². The van der Waals surface area contributed by atoms with Crippen molar-refractivity contribution in [3.63, 3.8) is 0 Å². The summed E-state index contributed by atoms with van der Waals surface area (Å²) in [6, 6.07) is 0. The topological polar surface area (TPSA) is 95.3 Å². The van der Waals surface area contributed by atoms with Crippen LogP contribution < -0.4 is 0 Å². The minimum Gasteiger partial charge on any atom is -0.421 e. The minimum atomic E-state index is -3.64. The van der Waals surface area contributed by atoms with Crippen LogP contribution in [0.2, 0.25) is 0 Å². The van der Waals surface area contributed by atoms with Crippen molar-refractivity contribution < 1.29 is 12.8 Å². The summed E-state index contributed by atoms with van der Waals surface area (Å²) in [6.07, 6.45) is 2.29. The van der Waals surface area contributed by atoms with Gasteiger partial charge in [0.15, 0.2) is 0 Å². The Kier molecular flexibility index (Phi) is 5.50. The SMILES string of the molecule is CCCCN1CCN(S(=O)(=O)c2c(C)[nH]c(C)c2-c2nnc(C)o2)CC1. The van der Waals surface area contributed by atoms with Crippen LogP contribution in [-0.2, 0) is 10.0 Å². The Balaban J connectivity index is 1.89. The lowest BCUT2D eigenvalue weighted by Gasteiger charge is -2.34. The van der Waals surface area contributed by atoms with Gasteiger partial charge < -0.3 is 14.3 Å². The number of aromatic nitrogens is 3. The molecule has 1 aliphatic rings. The Hall–Kier alpha value is -1.71. The van der Waals surface area contributed by atoms with Crippen molar-refractivity contribution in [2.24, 2.45) is 0 Å². The zero-order valence-corrected chi connectivity index (χ0v) is 16.7. The monoisotopic (exact) mass is 381 g/mol. The van der Waals surface area contributed by atoms with Gasteiger partial charge in [-0.15, -0.1) is 10.2 Å². The van der Waals surface area contributed by atoms with Crippen LogP contribution in [0.1, 0.15) is 37.0 Å². The summed E-state index contributed by atoms with van der Waals surface area (Å²) < 4.78 is 33.8. The Morgan fingerprint density at radius 3 is 2.35 bits per heavy atom. The summed E-state index contributed by atoms with van der Waals surface area (Å²) in [5.74, 6) is 0.649. The van der Waals surface area contributed by atoms with E-state index in [0.29, 0.717) is 35.9 Å². The van der Waals surface area contributed by atoms with E-state index in [9.17, 15) is 8.42 Å². The highest BCUT2D eigenvalue weighted by molar-refractivity contribution is 7.89. The molecule has 3 heterocycles. The van der Waals surface area contributed by atoms with Crippen LogP contribution in [0.3, 0.4) is 0 Å². The zero-order chi connectivity index (χ0) is 18.9. The number of H-pyrrole nitrogens is 1. The summed E-state index contributed by atoms with van der Waals surface area (Å²) in [4.78, 5) is 5.70. The van der Waals surface area contributed by atoms with Gasteiger partial charge in [-0.3, -0.25) is 0 Å². The van der Waals surface area contributed by atoms with Gasteiger partial charge in [-0.2, -0.15) is 4.31 Å². The number of nitrogens with zero attached hydrogens (tertiary/aromatic N) is 4. The van der Waals surface area contributed by atoms with Crippen LogP contribution in [0.5, 0.6) is 0 Å². The molecule has 144 valence electrons. The number of sulfonamides is 1. The van der Waals surface area contributed by atoms with Crippen LogP contribution in [0.15, 0.2) is 9.31 Å². The van der Waals surface area contributed by atoms with Gasteiger partial charge in [-0.25, -0.2) is 8.42 Å². The maximum Gasteiger partial charge on any atom is 0.250 e. The second-order valence-electron chi connectivity index (χ2n) is 6.80. The molecule has 0 aliphatic carbocycles. The van der Waals surface area contributed by atoms with E-state index in [1.54, 1.807) is 18.2 Å². The second-order valence-corrected chi connectivity index (χ2v) is 8.68. The maximum atomic E-state index is 13.3. The van der Waals surface area contributed by atoms with Gasteiger partial charge in [0.05, 0.1) is 5.56 Å². The summed E-state index contributed by atoms with van der Waals surface area (Å²) in [5.41, 5.74) is 1.80. The maximum absolute atomic E-state index is 13.3. The molecular formula is C17H27N5O3S. The smallest absolute Gasteiger partial charge is 0.250 e. The zero-order valence-electron chi connectivity index (χ0n) is 15.9. The fraction of sp³-hybridized carbons (Fsp3) is 0.647. The Morgan fingerprint density at radius 2 is 1.77 bits per heavy atom. The molecule has 9 heteroatoms. The van der Waals surface area contributed by atoms with Crippen molar-refractivity contribution >= 4 is 10.0 Å². The molecule has 0 radical (unpaired) electrons. The molecular weight excluding hydrogens is 354 g/mol. The summed E-state index contributed by atoms with van der Waals surface area (Å²) in [7, 11) is -3.64. The van der Waals surface area contributed by atoms with E-state index in [1.165, 1.54) is 0 Å². The minimum absolute atomic E-state index is 0.240. The number of hydrogen-bond acceptors (Lipinski definition) is 6. The quantitative estimate of drug-likeness (QED) is 0.823. The van der Waals surface area contributed by atoms with E-state index in [1.807, 2.05) is 6.92 Å². The summed E-state index contributed by atoms with van der Waals surface area (Å²) in [6.45, 7) is 11.0. The molecule has 3 rings (SSSR count). The van der Waals surface area contributed by atoms with Gasteiger partial charge >= 0.3 is 0 Å². The van der Waals surface area contributed by atoms with Gasteiger partial charge in [0.2, 0.25) is 15.9 Å². The van der Waals surface area contributed by atoms with Crippen LogP contribution in [-0.4, -0.2) is 65.5 Å². The fourth-order valence-electron chi connectivity index (χ4n) is 3.44. The molecule has 2 aromatic heterocycles. The molecule has 1 fully saturated rings. The van der Waals surface area contributed by atoms with E-state index < -0.39 is 10.0 Å². The lowest BCUT2D eigenvalue weighted by atomic mass is 10.2. The van der Waals surface area contributed by atoms with Crippen molar-refractivity contribution in [1.82, 2.24) is 24.4 Å². The molecule has 0 unspecified atom stereocenters. The highest BCUT2D eigenvalue weighted by atomic mass is 32.2. The van der Waals surface area contributed by atoms with Crippen molar-refractivity contribution in [3.05, 3.63) is 17.3 Å². The number of nitrogens with one attached hydrogen (secondary N) is 1. The molecule has 1 N–H and O–H groups in total. The predicted molar refractivity (Wildman–Crippen MR) is 98.4 cm³/mol. The van der Waals surface area contributed by atoms with Gasteiger partial charge in [-0.05, 0) is 26.8 Å². The first kappa shape index (κ1) is 19.1. The van der Waals surface area contributed by atoms with E-state index in [4.69, 9.17) is 4.42 Å². The first-order chi connectivity index (χ1) is 12.3. The summed E-state index contributed by atoms with van der Waals surface area (Å²) >= 11 is 0. The van der Waals surface area contributed by atoms with Gasteiger partial charge in [-0.1, -0.05) is 13.3 Å². The normalized spacial score (nSPS) is 17.1. The van der Waals surface area contributed by atoms with Gasteiger partial charge in [0, 0.05) is 44.5 Å². The Morgan fingerprint density at radius 1 is 1.08 bits per heavy atom. The number of unbranched alkanes of at least 4 members (excludes halogenated alkanes) is 1. The Bertz CT molecular complexity index is 863. The largest absolute Gasteiger partial charge is 0.421 e. The predicted octanol–water partition coefficient (Wildman–Crippen LogP) is 2.10. The van der Waals surface area contributed by atoms with Crippen LogP contribution >= 0.6 is 0 Å². The van der Waals surface area contributed by atoms with E-state index in [0.717, 1.165) is 32.5 Å². The standard InChI is InChI=1S/C17H27N5O3S/c1-5-6-7-21-8-10-22(11-9-21)26(23,24)16-13(3)18-12(2)15(16)17-20-19-14(4)25-17/h18H,5-11H2,1-4H3. The van der Waals surface area contributed by atoms with E-state index in [2.05, 4.69) is 27.0 Å². The molecule has 26 heavy (non-hydrogen) atoms. The van der Waals surface area contributed by atoms with Crippen molar-refractivity contribution in [2.75, 3.05) is 32.7 Å². The third-order valence-electron chi connectivity index (χ3n) is 4.81. The van der Waals surface area contributed by atoms with Gasteiger partial charge in [0.25, 0.3) is 5.89 Å². The first-order valence-corrected chi connectivity index (χ1v) is 10.5. The third-order valence-corrected chi connectivity index (χ3v) is 6.89. The molecule has 0 bridgehead atoms. The second kappa shape index (κ2) is 7.50. The van der Waals surface area contributed by atoms with Crippen LogP contribution in [0.25, 0.3) is 11.5 Å². The number of rotatable bonds is 6. The van der Waals surface area contributed by atoms with E-state index >= 15 is 0 Å². The Labute approximate surface area is 154 Å². The van der Waals surface area contributed by atoms with Crippen molar-refractivity contribution in [3.8, 4) is 11.5 Å². The molecule has 8 nitrogen and oxygen atoms in total. The molecule has 0 atom stereocenters. The first-order valence-electron chi connectivity index (χ1n) is 9.06. The number of aryl methyl sites for hydroxylation is 3. The molecule has 0 aromatic carbocycles. The highest BCUT2D eigenvalue weighted by Gasteiger charge is 2.35. The molecule has 2 aromatic rings. The number of aromatic amines is 1. The summed E-state index contributed by atoms with van der Waals surface area (Å²) in [5, 5.41) is 7.87. The third kappa shape index (κ3) is 3.56. The number of piperazine rings is 1. The van der Waals surface area contributed by atoms with Crippen molar-refractivity contribution in [2.45, 2.75) is 45.4 Å². The molecule has 1 saturated heterocycles. The lowest BCUT2D eigenvalue weighted by Crippen LogP contribution is -2.48. The van der Waals surface area contributed by atoms with Crippen LogP contribution in [0, 0.1) is 20.8 Å². The van der Waals surface area contributed by atoms with Gasteiger partial charge in [0.1, 0.15) is 4.90 Å². The fourth-order valence-corrected chi connectivity index (χ4v) is 5.28. The molecule has 0 saturated carbocycles. The average Bonchev–Trinajstić information content (AvgIpc) is 3.15. The lowest BCUT2D eigenvalue weighted by molar-refractivity contribution is 0.186. The van der Waals surface area contributed by atoms with E-state index in [-0.39, 0.29) is 10.8 Å². The molecule has 1 aliphatic heterocycles. The van der Waals surface area contributed by atoms with Crippen LogP contribution in [0.4, 0.5) is 0 Å². The molecule has 0 spiro atoms. The highest BCUT2D eigenvalue weighted by Crippen LogP contribution is 2.34.